The summed E-state index contributed by atoms with van der Waals surface area (Å²) < 4.78 is 1.85. The molecule has 0 bridgehead atoms. The molecule has 2 aromatic heterocycles. The van der Waals surface area contributed by atoms with Crippen LogP contribution < -0.4 is 4.90 Å². The van der Waals surface area contributed by atoms with Crippen LogP contribution in [-0.4, -0.2) is 25.7 Å². The minimum Gasteiger partial charge on any atom is -0.292 e. The van der Waals surface area contributed by atoms with Crippen molar-refractivity contribution in [2.75, 3.05) is 4.90 Å². The Morgan fingerprint density at radius 2 is 1.81 bits per heavy atom. The maximum absolute atomic E-state index is 12.8. The molecule has 0 aliphatic carbocycles. The van der Waals surface area contributed by atoms with Crippen molar-refractivity contribution >= 4 is 11.7 Å². The first-order valence-corrected chi connectivity index (χ1v) is 10.8. The number of carbonyl (C=O) groups excluding carboxylic acids is 1. The molecule has 0 fully saturated rings. The largest absolute Gasteiger partial charge is 0.292 e. The minimum atomic E-state index is 0.0549. The third kappa shape index (κ3) is 3.58. The van der Waals surface area contributed by atoms with Gasteiger partial charge in [-0.2, -0.15) is 5.10 Å². The summed E-state index contributed by atoms with van der Waals surface area (Å²) in [5.41, 5.74) is 6.31. The molecule has 32 heavy (non-hydrogen) atoms. The number of fused-ring (bicyclic) bond motifs is 1. The van der Waals surface area contributed by atoms with E-state index in [1.165, 1.54) is 5.56 Å². The zero-order chi connectivity index (χ0) is 22.2. The maximum atomic E-state index is 12.8. The molecule has 0 radical (unpaired) electrons. The van der Waals surface area contributed by atoms with Crippen molar-refractivity contribution < 1.29 is 4.79 Å². The van der Waals surface area contributed by atoms with E-state index in [1.807, 2.05) is 29.9 Å². The second-order valence-electron chi connectivity index (χ2n) is 8.48. The van der Waals surface area contributed by atoms with Crippen molar-refractivity contribution in [3.63, 3.8) is 0 Å². The molecule has 0 N–H and O–H groups in total. The highest BCUT2D eigenvalue weighted by molar-refractivity contribution is 6.00. The molecule has 0 saturated carbocycles. The third-order valence-corrected chi connectivity index (χ3v) is 5.98. The predicted octanol–water partition coefficient (Wildman–Crippen LogP) is 4.76. The van der Waals surface area contributed by atoms with Crippen molar-refractivity contribution in [1.82, 2.24) is 19.7 Å². The van der Waals surface area contributed by atoms with Crippen LogP contribution in [0.1, 0.15) is 36.5 Å². The predicted molar refractivity (Wildman–Crippen MR) is 125 cm³/mol. The fourth-order valence-electron chi connectivity index (χ4n) is 4.25. The fraction of sp³-hybridized carbons (Fsp3) is 0.231. The second kappa shape index (κ2) is 8.04. The summed E-state index contributed by atoms with van der Waals surface area (Å²) in [6.07, 6.45) is 3.94. The van der Waals surface area contributed by atoms with Gasteiger partial charge in [-0.25, -0.2) is 9.97 Å². The summed E-state index contributed by atoms with van der Waals surface area (Å²) >= 11 is 0. The number of benzene rings is 2. The number of carbonyl (C=O) groups is 1. The lowest BCUT2D eigenvalue weighted by Gasteiger charge is -2.18. The van der Waals surface area contributed by atoms with Crippen LogP contribution in [-0.2, 0) is 24.8 Å². The van der Waals surface area contributed by atoms with E-state index in [-0.39, 0.29) is 5.91 Å². The van der Waals surface area contributed by atoms with Gasteiger partial charge in [-0.3, -0.25) is 14.4 Å². The maximum Gasteiger partial charge on any atom is 0.233 e. The van der Waals surface area contributed by atoms with E-state index in [0.717, 1.165) is 27.9 Å². The molecule has 4 aromatic rings. The standard InChI is InChI=1S/C26H25N5O/c1-17(2)21-6-4-5-7-22(21)25-27-15-20-14-24(32)31(26(20)29-25)16-18-8-10-19(11-9-18)23-12-13-28-30(23)3/h4-13,15,17H,14,16H2,1-3H3. The van der Waals surface area contributed by atoms with Gasteiger partial charge in [-0.15, -0.1) is 0 Å². The van der Waals surface area contributed by atoms with E-state index in [2.05, 4.69) is 60.3 Å². The molecule has 1 aliphatic heterocycles. The summed E-state index contributed by atoms with van der Waals surface area (Å²) in [7, 11) is 1.93. The zero-order valence-electron chi connectivity index (χ0n) is 18.5. The van der Waals surface area contributed by atoms with Crippen molar-refractivity contribution in [2.45, 2.75) is 32.7 Å². The highest BCUT2D eigenvalue weighted by Gasteiger charge is 2.30. The highest BCUT2D eigenvalue weighted by Crippen LogP contribution is 2.33. The van der Waals surface area contributed by atoms with Gasteiger partial charge in [-0.05, 0) is 28.7 Å². The van der Waals surface area contributed by atoms with Crippen molar-refractivity contribution in [3.05, 3.63) is 83.7 Å². The topological polar surface area (TPSA) is 63.9 Å². The summed E-state index contributed by atoms with van der Waals surface area (Å²) in [5.74, 6) is 1.80. The van der Waals surface area contributed by atoms with Crippen molar-refractivity contribution in [2.24, 2.45) is 7.05 Å². The smallest absolute Gasteiger partial charge is 0.233 e. The summed E-state index contributed by atoms with van der Waals surface area (Å²) in [5, 5.41) is 4.23. The first-order chi connectivity index (χ1) is 15.5. The Kier molecular flexibility index (Phi) is 5.05. The number of hydrogen-bond acceptors (Lipinski definition) is 4. The van der Waals surface area contributed by atoms with Crippen LogP contribution in [0.5, 0.6) is 0 Å². The Bertz CT molecular complexity index is 1290. The monoisotopic (exact) mass is 423 g/mol. The molecule has 6 nitrogen and oxygen atoms in total. The molecule has 0 spiro atoms. The number of hydrogen-bond donors (Lipinski definition) is 0. The second-order valence-corrected chi connectivity index (χ2v) is 8.48. The molecule has 1 aliphatic rings. The Morgan fingerprint density at radius 1 is 1.03 bits per heavy atom. The SMILES string of the molecule is CC(C)c1ccccc1-c1ncc2c(n1)N(Cc1ccc(-c3ccnn3C)cc1)C(=O)C2. The fourth-order valence-corrected chi connectivity index (χ4v) is 4.25. The highest BCUT2D eigenvalue weighted by atomic mass is 16.2. The number of rotatable bonds is 5. The molecule has 160 valence electrons. The summed E-state index contributed by atoms with van der Waals surface area (Å²) in [4.78, 5) is 24.0. The number of aryl methyl sites for hydroxylation is 1. The van der Waals surface area contributed by atoms with E-state index in [1.54, 1.807) is 17.3 Å². The molecule has 1 amide bonds. The van der Waals surface area contributed by atoms with E-state index < -0.39 is 0 Å². The lowest BCUT2D eigenvalue weighted by atomic mass is 9.97. The van der Waals surface area contributed by atoms with Crippen LogP contribution in [0.4, 0.5) is 5.82 Å². The molecule has 5 rings (SSSR count). The van der Waals surface area contributed by atoms with Gasteiger partial charge < -0.3 is 0 Å². The van der Waals surface area contributed by atoms with E-state index in [4.69, 9.17) is 4.98 Å². The van der Waals surface area contributed by atoms with Crippen molar-refractivity contribution in [1.29, 1.82) is 0 Å². The van der Waals surface area contributed by atoms with E-state index in [0.29, 0.717) is 30.5 Å². The van der Waals surface area contributed by atoms with Gasteiger partial charge in [0.05, 0.1) is 18.7 Å². The first-order valence-electron chi connectivity index (χ1n) is 10.8. The number of amides is 1. The van der Waals surface area contributed by atoms with Crippen LogP contribution in [0.25, 0.3) is 22.6 Å². The van der Waals surface area contributed by atoms with Gasteiger partial charge in [0, 0.05) is 30.6 Å². The van der Waals surface area contributed by atoms with Crippen LogP contribution in [0.2, 0.25) is 0 Å². The van der Waals surface area contributed by atoms with E-state index >= 15 is 0 Å². The lowest BCUT2D eigenvalue weighted by Crippen LogP contribution is -2.26. The van der Waals surface area contributed by atoms with Crippen LogP contribution in [0.15, 0.2) is 67.0 Å². The Hall–Kier alpha value is -3.80. The van der Waals surface area contributed by atoms with Gasteiger partial charge in [0.1, 0.15) is 5.82 Å². The summed E-state index contributed by atoms with van der Waals surface area (Å²) in [6.45, 7) is 4.81. The van der Waals surface area contributed by atoms with Gasteiger partial charge in [0.2, 0.25) is 5.91 Å². The number of aromatic nitrogens is 4. The first kappa shape index (κ1) is 20.1. The average Bonchev–Trinajstić information content (AvgIpc) is 3.36. The van der Waals surface area contributed by atoms with Crippen LogP contribution in [0, 0.1) is 0 Å². The molecular weight excluding hydrogens is 398 g/mol. The van der Waals surface area contributed by atoms with Gasteiger partial charge in [-0.1, -0.05) is 62.4 Å². The lowest BCUT2D eigenvalue weighted by molar-refractivity contribution is -0.117. The quantitative estimate of drug-likeness (QED) is 0.464. The van der Waals surface area contributed by atoms with Crippen LogP contribution in [0.3, 0.4) is 0 Å². The molecule has 0 unspecified atom stereocenters. The third-order valence-electron chi connectivity index (χ3n) is 5.98. The molecule has 6 heteroatoms. The number of anilines is 1. The molecule has 2 aromatic carbocycles. The average molecular weight is 424 g/mol. The zero-order valence-corrected chi connectivity index (χ0v) is 18.5. The Morgan fingerprint density at radius 3 is 2.53 bits per heavy atom. The molecular formula is C26H25N5O. The normalized spacial score (nSPS) is 13.1. The molecule has 0 atom stereocenters. The Labute approximate surface area is 187 Å². The summed E-state index contributed by atoms with van der Waals surface area (Å²) in [6, 6.07) is 18.5. The van der Waals surface area contributed by atoms with Gasteiger partial charge in [0.25, 0.3) is 0 Å². The Balaban J connectivity index is 1.45. The van der Waals surface area contributed by atoms with Crippen LogP contribution >= 0.6 is 0 Å². The van der Waals surface area contributed by atoms with Crippen molar-refractivity contribution in [3.8, 4) is 22.6 Å². The van der Waals surface area contributed by atoms with Gasteiger partial charge >= 0.3 is 0 Å². The van der Waals surface area contributed by atoms with E-state index in [9.17, 15) is 4.79 Å². The number of nitrogens with zero attached hydrogens (tertiary/aromatic N) is 5. The minimum absolute atomic E-state index is 0.0549. The molecule has 3 heterocycles. The molecule has 0 saturated heterocycles. The van der Waals surface area contributed by atoms with Gasteiger partial charge in [0.15, 0.2) is 5.82 Å².